The predicted octanol–water partition coefficient (Wildman–Crippen LogP) is 3.37. The maximum Gasteiger partial charge on any atom is 0.318 e. The number of aryl methyl sites for hydroxylation is 1. The normalized spacial score (nSPS) is 22.8. The van der Waals surface area contributed by atoms with E-state index in [-0.39, 0.29) is 18.0 Å². The smallest absolute Gasteiger partial charge is 0.318 e. The molecule has 14 heteroatoms. The molecule has 1 unspecified atom stereocenters. The van der Waals surface area contributed by atoms with E-state index in [9.17, 15) is 8.42 Å². The number of fused-ring (bicyclic) bond motifs is 2. The molecular formula is C34H46FN7O5S. The van der Waals surface area contributed by atoms with Crippen LogP contribution in [0.1, 0.15) is 49.4 Å². The highest BCUT2D eigenvalue weighted by atomic mass is 32.2. The van der Waals surface area contributed by atoms with Gasteiger partial charge in [0.25, 0.3) is 10.2 Å². The Balaban J connectivity index is 1.26. The molecule has 48 heavy (non-hydrogen) atoms. The molecule has 4 heterocycles. The first-order chi connectivity index (χ1) is 23.0. The van der Waals surface area contributed by atoms with Crippen molar-refractivity contribution in [1.29, 1.82) is 0 Å². The number of halogens is 1. The Kier molecular flexibility index (Phi) is 8.90. The van der Waals surface area contributed by atoms with E-state index in [2.05, 4.69) is 38.2 Å². The number of ether oxygens (including phenoxy) is 3. The van der Waals surface area contributed by atoms with E-state index < -0.39 is 15.7 Å². The zero-order valence-corrected chi connectivity index (χ0v) is 29.1. The summed E-state index contributed by atoms with van der Waals surface area (Å²) in [5.74, 6) is 1.23. The monoisotopic (exact) mass is 683 g/mol. The molecule has 3 fully saturated rings. The van der Waals surface area contributed by atoms with Crippen LogP contribution < -0.4 is 28.7 Å². The van der Waals surface area contributed by atoms with E-state index >= 15 is 4.39 Å². The third-order valence-electron chi connectivity index (χ3n) is 10.1. The first kappa shape index (κ1) is 33.2. The Morgan fingerprint density at radius 2 is 1.92 bits per heavy atom. The SMILES string of the molecule is CCc1c(F)ccc2cc(OCOC)cc(N3CCc4c(nc(OCC5(CN(C)C)CC5)nc4N4CCCC5(CNS(=O)(=O)N5)C4)C3)c12. The Labute approximate surface area is 282 Å². The Bertz CT molecular complexity index is 1800. The number of rotatable bonds is 11. The van der Waals surface area contributed by atoms with E-state index in [4.69, 9.17) is 24.2 Å². The Morgan fingerprint density at radius 3 is 2.62 bits per heavy atom. The highest BCUT2D eigenvalue weighted by Crippen LogP contribution is 2.46. The van der Waals surface area contributed by atoms with Gasteiger partial charge in [0.15, 0.2) is 6.79 Å². The van der Waals surface area contributed by atoms with Gasteiger partial charge < -0.3 is 28.9 Å². The minimum Gasteiger partial charge on any atom is -0.467 e. The van der Waals surface area contributed by atoms with Crippen molar-refractivity contribution in [2.45, 2.75) is 57.5 Å². The molecule has 0 bridgehead atoms. The van der Waals surface area contributed by atoms with Gasteiger partial charge in [-0.2, -0.15) is 23.1 Å². The summed E-state index contributed by atoms with van der Waals surface area (Å²) in [6, 6.07) is 7.56. The number of hydrogen-bond acceptors (Lipinski definition) is 10. The molecule has 1 aliphatic carbocycles. The van der Waals surface area contributed by atoms with Crippen LogP contribution in [0.15, 0.2) is 24.3 Å². The van der Waals surface area contributed by atoms with Gasteiger partial charge in [-0.15, -0.1) is 0 Å². The van der Waals surface area contributed by atoms with Gasteiger partial charge in [0, 0.05) is 68.0 Å². The second-order valence-electron chi connectivity index (χ2n) is 14.2. The largest absolute Gasteiger partial charge is 0.467 e. The molecule has 2 aromatic carbocycles. The number of aromatic nitrogens is 2. The molecule has 7 rings (SSSR count). The van der Waals surface area contributed by atoms with E-state index in [1.54, 1.807) is 13.2 Å². The van der Waals surface area contributed by atoms with Gasteiger partial charge in [0.1, 0.15) is 17.4 Å². The lowest BCUT2D eigenvalue weighted by Crippen LogP contribution is -2.56. The fraction of sp³-hybridized carbons (Fsp3) is 0.588. The van der Waals surface area contributed by atoms with Crippen molar-refractivity contribution in [2.75, 3.05) is 77.1 Å². The predicted molar refractivity (Wildman–Crippen MR) is 183 cm³/mol. The van der Waals surface area contributed by atoms with Crippen molar-refractivity contribution in [3.8, 4) is 11.8 Å². The highest BCUT2D eigenvalue weighted by Gasteiger charge is 2.46. The maximum atomic E-state index is 15.2. The van der Waals surface area contributed by atoms with Crippen LogP contribution in [0.25, 0.3) is 10.8 Å². The fourth-order valence-electron chi connectivity index (χ4n) is 7.73. The minimum atomic E-state index is -3.53. The van der Waals surface area contributed by atoms with Crippen LogP contribution >= 0.6 is 0 Å². The minimum absolute atomic E-state index is 0.0973. The molecule has 0 amide bonds. The number of methoxy groups -OCH3 is 1. The van der Waals surface area contributed by atoms with Gasteiger partial charge >= 0.3 is 6.01 Å². The van der Waals surface area contributed by atoms with Gasteiger partial charge in [-0.3, -0.25) is 0 Å². The lowest BCUT2D eigenvalue weighted by atomic mass is 9.89. The summed E-state index contributed by atoms with van der Waals surface area (Å²) in [7, 11) is 2.21. The summed E-state index contributed by atoms with van der Waals surface area (Å²) >= 11 is 0. The van der Waals surface area contributed by atoms with Crippen molar-refractivity contribution >= 4 is 32.5 Å². The van der Waals surface area contributed by atoms with Crippen LogP contribution in [0.2, 0.25) is 0 Å². The summed E-state index contributed by atoms with van der Waals surface area (Å²) in [6.07, 6.45) is 4.98. The number of nitrogens with one attached hydrogen (secondary N) is 2. The van der Waals surface area contributed by atoms with Crippen LogP contribution in [0.5, 0.6) is 11.8 Å². The fourth-order valence-corrected chi connectivity index (χ4v) is 9.08. The number of nitrogens with zero attached hydrogens (tertiary/aromatic N) is 5. The molecule has 12 nitrogen and oxygen atoms in total. The molecule has 1 spiro atoms. The molecule has 0 radical (unpaired) electrons. The molecule has 1 atom stereocenters. The number of benzene rings is 2. The average Bonchev–Trinajstić information content (AvgIpc) is 3.76. The van der Waals surface area contributed by atoms with Crippen molar-refractivity contribution in [1.82, 2.24) is 24.3 Å². The summed E-state index contributed by atoms with van der Waals surface area (Å²) in [4.78, 5) is 16.7. The Morgan fingerprint density at radius 1 is 1.08 bits per heavy atom. The molecule has 2 saturated heterocycles. The number of hydrogen-bond donors (Lipinski definition) is 2. The van der Waals surface area contributed by atoms with E-state index in [0.29, 0.717) is 63.0 Å². The quantitative estimate of drug-likeness (QED) is 0.291. The van der Waals surface area contributed by atoms with Crippen LogP contribution in [0.4, 0.5) is 15.9 Å². The zero-order chi connectivity index (χ0) is 33.7. The van der Waals surface area contributed by atoms with Crippen molar-refractivity contribution in [2.24, 2.45) is 5.41 Å². The molecule has 1 aromatic heterocycles. The topological polar surface area (TPSA) is 121 Å². The van der Waals surface area contributed by atoms with E-state index in [0.717, 1.165) is 72.3 Å². The first-order valence-corrected chi connectivity index (χ1v) is 18.3. The second-order valence-corrected chi connectivity index (χ2v) is 15.7. The molecule has 260 valence electrons. The van der Waals surface area contributed by atoms with Gasteiger partial charge in [0.2, 0.25) is 0 Å². The molecule has 4 aliphatic rings. The van der Waals surface area contributed by atoms with Crippen molar-refractivity contribution < 1.29 is 27.0 Å². The maximum absolute atomic E-state index is 15.2. The summed E-state index contributed by atoms with van der Waals surface area (Å²) in [5.41, 5.74) is 2.95. The third-order valence-corrected chi connectivity index (χ3v) is 11.4. The second kappa shape index (κ2) is 12.9. The summed E-state index contributed by atoms with van der Waals surface area (Å²) in [5, 5.41) is 1.77. The lowest BCUT2D eigenvalue weighted by molar-refractivity contribution is 0.0512. The average molecular weight is 684 g/mol. The molecule has 1 saturated carbocycles. The summed E-state index contributed by atoms with van der Waals surface area (Å²) in [6.45, 7) is 6.27. The third kappa shape index (κ3) is 6.65. The van der Waals surface area contributed by atoms with Crippen LogP contribution in [-0.4, -0.2) is 96.2 Å². The standard InChI is InChI=1S/C34H46FN7O5S/c1-5-25-27(35)8-7-23-15-24(47-22-45-4)16-29(30(23)25)41-14-9-26-28(17-41)37-32(46-21-33(11-12-33)19-40(2)3)38-31(26)42-13-6-10-34(20-42)18-36-48(43,44)39-34/h7-8,15-16,36,39H,5-6,9-14,17-22H2,1-4H3. The van der Waals surface area contributed by atoms with Gasteiger partial charge in [-0.25, -0.2) is 9.11 Å². The highest BCUT2D eigenvalue weighted by molar-refractivity contribution is 7.87. The van der Waals surface area contributed by atoms with Gasteiger partial charge in [-0.1, -0.05) is 13.0 Å². The van der Waals surface area contributed by atoms with Gasteiger partial charge in [0.05, 0.1) is 24.4 Å². The van der Waals surface area contributed by atoms with Crippen molar-refractivity contribution in [3.05, 3.63) is 46.9 Å². The van der Waals surface area contributed by atoms with Crippen LogP contribution in [0.3, 0.4) is 0 Å². The lowest BCUT2D eigenvalue weighted by Gasteiger charge is -2.41. The summed E-state index contributed by atoms with van der Waals surface area (Å²) < 4.78 is 62.9. The molecule has 2 N–H and O–H groups in total. The van der Waals surface area contributed by atoms with Crippen molar-refractivity contribution in [3.63, 3.8) is 0 Å². The van der Waals surface area contributed by atoms with E-state index in [1.165, 1.54) is 6.07 Å². The molecule has 3 aliphatic heterocycles. The molecule has 3 aromatic rings. The Hall–Kier alpha value is -3.30. The van der Waals surface area contributed by atoms with E-state index in [1.807, 2.05) is 19.1 Å². The number of anilines is 2. The van der Waals surface area contributed by atoms with Crippen LogP contribution in [0, 0.1) is 11.2 Å². The van der Waals surface area contributed by atoms with Crippen LogP contribution in [-0.2, 0) is 34.3 Å². The number of piperidine rings is 1. The van der Waals surface area contributed by atoms with Gasteiger partial charge in [-0.05, 0) is 75.7 Å². The first-order valence-electron chi connectivity index (χ1n) is 16.8. The molecular weight excluding hydrogens is 637 g/mol. The zero-order valence-electron chi connectivity index (χ0n) is 28.3.